The highest BCUT2D eigenvalue weighted by Crippen LogP contribution is 2.29. The molecule has 0 unspecified atom stereocenters. The lowest BCUT2D eigenvalue weighted by Crippen LogP contribution is -2.52. The fraction of sp³-hybridized carbons (Fsp3) is 0.458. The van der Waals surface area contributed by atoms with Crippen LogP contribution >= 0.6 is 0 Å². The molecule has 1 aliphatic heterocycles. The Hall–Kier alpha value is -2.69. The van der Waals surface area contributed by atoms with Crippen molar-refractivity contribution >= 4 is 11.6 Å². The zero-order valence-electron chi connectivity index (χ0n) is 17.4. The number of piperazine rings is 1. The molecule has 0 aromatic heterocycles. The lowest BCUT2D eigenvalue weighted by molar-refractivity contribution is -0.138. The van der Waals surface area contributed by atoms with Crippen molar-refractivity contribution < 1.29 is 14.3 Å². The Morgan fingerprint density at radius 1 is 0.966 bits per heavy atom. The van der Waals surface area contributed by atoms with Gasteiger partial charge in [-0.2, -0.15) is 0 Å². The number of amides is 1. The van der Waals surface area contributed by atoms with E-state index >= 15 is 0 Å². The van der Waals surface area contributed by atoms with E-state index in [9.17, 15) is 4.79 Å². The van der Waals surface area contributed by atoms with Crippen LogP contribution in [0.4, 0.5) is 5.69 Å². The zero-order chi connectivity index (χ0) is 20.2. The molecule has 29 heavy (non-hydrogen) atoms. The van der Waals surface area contributed by atoms with Crippen molar-refractivity contribution in [3.05, 3.63) is 53.6 Å². The molecule has 2 aromatic rings. The van der Waals surface area contributed by atoms with Crippen molar-refractivity contribution in [2.75, 3.05) is 38.2 Å². The van der Waals surface area contributed by atoms with Gasteiger partial charge in [0.1, 0.15) is 11.5 Å². The summed E-state index contributed by atoms with van der Waals surface area (Å²) >= 11 is 0. The number of carbonyl (C=O) groups excluding carboxylic acids is 1. The molecule has 5 nitrogen and oxygen atoms in total. The summed E-state index contributed by atoms with van der Waals surface area (Å²) in [7, 11) is 1.69. The third-order valence-corrected chi connectivity index (χ3v) is 6.00. The number of aryl methyl sites for hydroxylation is 2. The maximum atomic E-state index is 12.9. The molecule has 0 saturated carbocycles. The van der Waals surface area contributed by atoms with Crippen LogP contribution in [-0.4, -0.2) is 50.2 Å². The number of fused-ring (bicyclic) bond motifs is 1. The largest absolute Gasteiger partial charge is 0.495 e. The van der Waals surface area contributed by atoms with Crippen molar-refractivity contribution in [3.63, 3.8) is 0 Å². The molecule has 5 heteroatoms. The van der Waals surface area contributed by atoms with Gasteiger partial charge in [-0.05, 0) is 68.0 Å². The topological polar surface area (TPSA) is 42.0 Å². The summed E-state index contributed by atoms with van der Waals surface area (Å²) < 4.78 is 11.5. The van der Waals surface area contributed by atoms with Gasteiger partial charge in [0.15, 0.2) is 6.10 Å². The van der Waals surface area contributed by atoms with Gasteiger partial charge in [-0.3, -0.25) is 4.79 Å². The first kappa shape index (κ1) is 19.6. The summed E-state index contributed by atoms with van der Waals surface area (Å²) in [6.07, 6.45) is 4.29. The maximum absolute atomic E-state index is 12.9. The van der Waals surface area contributed by atoms with Crippen molar-refractivity contribution in [2.24, 2.45) is 0 Å². The van der Waals surface area contributed by atoms with Crippen LogP contribution in [0, 0.1) is 0 Å². The van der Waals surface area contributed by atoms with Crippen LogP contribution in [0.15, 0.2) is 42.5 Å². The lowest BCUT2D eigenvalue weighted by atomic mass is 9.92. The Bertz CT molecular complexity index is 859. The van der Waals surface area contributed by atoms with E-state index < -0.39 is 6.10 Å². The smallest absolute Gasteiger partial charge is 0.263 e. The van der Waals surface area contributed by atoms with E-state index in [0.29, 0.717) is 13.1 Å². The van der Waals surface area contributed by atoms with Gasteiger partial charge in [0.2, 0.25) is 0 Å². The number of rotatable bonds is 5. The number of carbonyl (C=O) groups is 1. The van der Waals surface area contributed by atoms with Crippen LogP contribution in [0.3, 0.4) is 0 Å². The summed E-state index contributed by atoms with van der Waals surface area (Å²) in [6.45, 7) is 4.81. The Labute approximate surface area is 173 Å². The molecule has 1 amide bonds. The molecule has 4 rings (SSSR count). The molecular formula is C24H30N2O3. The molecule has 2 aliphatic rings. The third kappa shape index (κ3) is 4.34. The van der Waals surface area contributed by atoms with Crippen molar-refractivity contribution in [1.29, 1.82) is 0 Å². The third-order valence-electron chi connectivity index (χ3n) is 6.00. The number of methoxy groups -OCH3 is 1. The Morgan fingerprint density at radius 2 is 1.69 bits per heavy atom. The van der Waals surface area contributed by atoms with Gasteiger partial charge >= 0.3 is 0 Å². The molecule has 1 saturated heterocycles. The van der Waals surface area contributed by atoms with E-state index in [1.165, 1.54) is 24.0 Å². The predicted molar refractivity (Wildman–Crippen MR) is 115 cm³/mol. The summed E-state index contributed by atoms with van der Waals surface area (Å²) in [5.74, 6) is 1.73. The Balaban J connectivity index is 1.34. The molecule has 2 aromatic carbocycles. The van der Waals surface area contributed by atoms with Gasteiger partial charge in [-0.1, -0.05) is 18.2 Å². The molecule has 1 atom stereocenters. The summed E-state index contributed by atoms with van der Waals surface area (Å²) in [6, 6.07) is 14.3. The molecule has 0 spiro atoms. The van der Waals surface area contributed by atoms with E-state index in [-0.39, 0.29) is 5.91 Å². The van der Waals surface area contributed by atoms with E-state index in [4.69, 9.17) is 9.47 Å². The highest BCUT2D eigenvalue weighted by Gasteiger charge is 2.27. The number of para-hydroxylation sites is 2. The molecule has 1 aliphatic carbocycles. The predicted octanol–water partition coefficient (Wildman–Crippen LogP) is 3.69. The average molecular weight is 395 g/mol. The first-order valence-electron chi connectivity index (χ1n) is 10.6. The molecule has 1 heterocycles. The molecule has 154 valence electrons. The van der Waals surface area contributed by atoms with Crippen molar-refractivity contribution in [3.8, 4) is 11.5 Å². The van der Waals surface area contributed by atoms with Gasteiger partial charge in [0, 0.05) is 26.2 Å². The number of hydrogen-bond donors (Lipinski definition) is 0. The van der Waals surface area contributed by atoms with Gasteiger partial charge in [0.05, 0.1) is 12.8 Å². The van der Waals surface area contributed by atoms with Crippen LogP contribution in [0.1, 0.15) is 30.9 Å². The summed E-state index contributed by atoms with van der Waals surface area (Å²) in [5, 5.41) is 0. The van der Waals surface area contributed by atoms with Crippen molar-refractivity contribution in [1.82, 2.24) is 4.90 Å². The summed E-state index contributed by atoms with van der Waals surface area (Å²) in [4.78, 5) is 17.1. The van der Waals surface area contributed by atoms with Gasteiger partial charge in [-0.15, -0.1) is 0 Å². The van der Waals surface area contributed by atoms with E-state index in [0.717, 1.165) is 43.1 Å². The second kappa shape index (κ2) is 8.76. The van der Waals surface area contributed by atoms with E-state index in [1.54, 1.807) is 7.11 Å². The fourth-order valence-electron chi connectivity index (χ4n) is 4.35. The number of anilines is 1. The fourth-order valence-corrected chi connectivity index (χ4v) is 4.35. The molecule has 0 N–H and O–H groups in total. The summed E-state index contributed by atoms with van der Waals surface area (Å²) in [5.41, 5.74) is 3.88. The highest BCUT2D eigenvalue weighted by molar-refractivity contribution is 5.81. The quantitative estimate of drug-likeness (QED) is 0.776. The first-order chi connectivity index (χ1) is 14.2. The van der Waals surface area contributed by atoms with Crippen LogP contribution in [-0.2, 0) is 17.6 Å². The van der Waals surface area contributed by atoms with Gasteiger partial charge in [0.25, 0.3) is 5.91 Å². The Kier molecular flexibility index (Phi) is 5.93. The van der Waals surface area contributed by atoms with Crippen molar-refractivity contribution in [2.45, 2.75) is 38.7 Å². The standard InChI is InChI=1S/C24H30N2O3/c1-18(29-21-12-11-19-7-3-4-8-20(19)17-21)24(27)26-15-13-25(14-16-26)22-9-5-6-10-23(22)28-2/h5-6,9-12,17-18H,3-4,7-8,13-16H2,1-2H3/t18-/m1/s1. The number of benzene rings is 2. The average Bonchev–Trinajstić information content (AvgIpc) is 2.78. The second-order valence-corrected chi connectivity index (χ2v) is 7.88. The molecule has 1 fully saturated rings. The minimum absolute atomic E-state index is 0.0578. The molecule has 0 radical (unpaired) electrons. The zero-order valence-corrected chi connectivity index (χ0v) is 17.4. The van der Waals surface area contributed by atoms with Gasteiger partial charge in [-0.25, -0.2) is 0 Å². The van der Waals surface area contributed by atoms with Crippen LogP contribution in [0.5, 0.6) is 11.5 Å². The van der Waals surface area contributed by atoms with E-state index in [1.807, 2.05) is 36.1 Å². The highest BCUT2D eigenvalue weighted by atomic mass is 16.5. The maximum Gasteiger partial charge on any atom is 0.263 e. The van der Waals surface area contributed by atoms with Crippen LogP contribution in [0.25, 0.3) is 0 Å². The number of ether oxygens (including phenoxy) is 2. The molecule has 0 bridgehead atoms. The number of hydrogen-bond acceptors (Lipinski definition) is 4. The lowest BCUT2D eigenvalue weighted by Gasteiger charge is -2.37. The normalized spacial score (nSPS) is 17.4. The monoisotopic (exact) mass is 394 g/mol. The minimum atomic E-state index is -0.477. The SMILES string of the molecule is COc1ccccc1N1CCN(C(=O)[C@@H](C)Oc2ccc3c(c2)CCCC3)CC1. The van der Waals surface area contributed by atoms with E-state index in [2.05, 4.69) is 23.1 Å². The van der Waals surface area contributed by atoms with Crippen LogP contribution < -0.4 is 14.4 Å². The Morgan fingerprint density at radius 3 is 2.45 bits per heavy atom. The molecular weight excluding hydrogens is 364 g/mol. The minimum Gasteiger partial charge on any atom is -0.495 e. The number of nitrogens with zero attached hydrogens (tertiary/aromatic N) is 2. The van der Waals surface area contributed by atoms with Crippen LogP contribution in [0.2, 0.25) is 0 Å². The first-order valence-corrected chi connectivity index (χ1v) is 10.6. The second-order valence-electron chi connectivity index (χ2n) is 7.88. The van der Waals surface area contributed by atoms with Gasteiger partial charge < -0.3 is 19.3 Å².